The van der Waals surface area contributed by atoms with Crippen molar-refractivity contribution in [2.45, 2.75) is 0 Å². The lowest BCUT2D eigenvalue weighted by atomic mass is 10.1. The Morgan fingerprint density at radius 2 is 1.16 bits per heavy atom. The molecule has 126 valence electrons. The summed E-state index contributed by atoms with van der Waals surface area (Å²) in [5.41, 5.74) is 0. The highest BCUT2D eigenvalue weighted by molar-refractivity contribution is 5.98. The average molecular weight is 338 g/mol. The van der Waals surface area contributed by atoms with Gasteiger partial charge in [-0.1, -0.05) is 19.7 Å². The van der Waals surface area contributed by atoms with Crippen LogP contribution in [-0.4, -0.2) is 17.9 Å². The Kier molecular flexibility index (Phi) is 5.47. The van der Waals surface area contributed by atoms with Gasteiger partial charge in [-0.15, -0.1) is 0 Å². The second kappa shape index (κ2) is 7.74. The van der Waals surface area contributed by atoms with Gasteiger partial charge in [0.2, 0.25) is 0 Å². The number of fused-ring (bicyclic) bond motifs is 1. The maximum atomic E-state index is 11.5. The van der Waals surface area contributed by atoms with E-state index in [4.69, 9.17) is 14.2 Å². The Morgan fingerprint density at radius 3 is 1.68 bits per heavy atom. The van der Waals surface area contributed by atoms with Crippen molar-refractivity contribution in [2.75, 3.05) is 0 Å². The fourth-order valence-electron chi connectivity index (χ4n) is 1.97. The van der Waals surface area contributed by atoms with E-state index in [9.17, 15) is 14.4 Å². The van der Waals surface area contributed by atoms with Gasteiger partial charge in [0.25, 0.3) is 0 Å². The summed E-state index contributed by atoms with van der Waals surface area (Å²) >= 11 is 0. The maximum Gasteiger partial charge on any atom is 0.335 e. The van der Waals surface area contributed by atoms with Crippen LogP contribution in [-0.2, 0) is 14.4 Å². The Morgan fingerprint density at radius 1 is 0.680 bits per heavy atom. The molecule has 0 aromatic heterocycles. The first-order chi connectivity index (χ1) is 12.0. The van der Waals surface area contributed by atoms with Crippen molar-refractivity contribution in [3.05, 3.63) is 68.3 Å². The molecule has 0 saturated carbocycles. The molecule has 0 N–H and O–H groups in total. The zero-order valence-corrected chi connectivity index (χ0v) is 13.2. The molecule has 6 nitrogen and oxygen atoms in total. The molecule has 6 heteroatoms. The SMILES string of the molecule is C=CC(=O)Oc1ccc2c(OC(=O)C=C)ccc(OC(=O)C=C)c2c1. The molecule has 0 radical (unpaired) electrons. The van der Waals surface area contributed by atoms with E-state index in [-0.39, 0.29) is 17.2 Å². The van der Waals surface area contributed by atoms with Gasteiger partial charge in [-0.3, -0.25) is 0 Å². The zero-order valence-electron chi connectivity index (χ0n) is 13.2. The van der Waals surface area contributed by atoms with Crippen molar-refractivity contribution in [3.63, 3.8) is 0 Å². The van der Waals surface area contributed by atoms with E-state index in [1.165, 1.54) is 24.3 Å². The Labute approximate surface area is 143 Å². The summed E-state index contributed by atoms with van der Waals surface area (Å²) < 4.78 is 15.4. The van der Waals surface area contributed by atoms with Crippen LogP contribution < -0.4 is 14.2 Å². The molecule has 2 aromatic carbocycles. The number of rotatable bonds is 6. The predicted molar refractivity (Wildman–Crippen MR) is 91.4 cm³/mol. The second-order valence-corrected chi connectivity index (χ2v) is 4.64. The second-order valence-electron chi connectivity index (χ2n) is 4.64. The van der Waals surface area contributed by atoms with Gasteiger partial charge in [0.15, 0.2) is 0 Å². The molecule has 0 spiro atoms. The fraction of sp³-hybridized carbons (Fsp3) is 0. The van der Waals surface area contributed by atoms with Crippen LogP contribution in [0.4, 0.5) is 0 Å². The number of ether oxygens (including phenoxy) is 3. The van der Waals surface area contributed by atoms with Crippen LogP contribution in [0.2, 0.25) is 0 Å². The highest BCUT2D eigenvalue weighted by atomic mass is 16.5. The minimum Gasteiger partial charge on any atom is -0.423 e. The molecule has 0 aliphatic heterocycles. The molecule has 0 saturated heterocycles. The van der Waals surface area contributed by atoms with Gasteiger partial charge >= 0.3 is 17.9 Å². The van der Waals surface area contributed by atoms with Gasteiger partial charge in [-0.05, 0) is 30.3 Å². The topological polar surface area (TPSA) is 78.9 Å². The van der Waals surface area contributed by atoms with Crippen molar-refractivity contribution in [1.82, 2.24) is 0 Å². The molecule has 0 bridgehead atoms. The van der Waals surface area contributed by atoms with Gasteiger partial charge in [-0.25, -0.2) is 14.4 Å². The van der Waals surface area contributed by atoms with Crippen molar-refractivity contribution in [2.24, 2.45) is 0 Å². The number of carbonyl (C=O) groups is 3. The largest absolute Gasteiger partial charge is 0.423 e. The minimum atomic E-state index is -0.661. The minimum absolute atomic E-state index is 0.190. The molecule has 2 aromatic rings. The van der Waals surface area contributed by atoms with Crippen molar-refractivity contribution in [3.8, 4) is 17.2 Å². The van der Waals surface area contributed by atoms with Crippen LogP contribution in [0.5, 0.6) is 17.2 Å². The molecule has 25 heavy (non-hydrogen) atoms. The molecule has 0 amide bonds. The third kappa shape index (κ3) is 4.20. The van der Waals surface area contributed by atoms with Gasteiger partial charge in [0.05, 0.1) is 0 Å². The van der Waals surface area contributed by atoms with Gasteiger partial charge in [-0.2, -0.15) is 0 Å². The van der Waals surface area contributed by atoms with Crippen molar-refractivity contribution < 1.29 is 28.6 Å². The third-order valence-corrected chi connectivity index (χ3v) is 3.05. The smallest absolute Gasteiger partial charge is 0.335 e. The first-order valence-corrected chi connectivity index (χ1v) is 7.08. The van der Waals surface area contributed by atoms with E-state index < -0.39 is 17.9 Å². The predicted octanol–water partition coefficient (Wildman–Crippen LogP) is 3.11. The lowest BCUT2D eigenvalue weighted by Crippen LogP contribution is -2.07. The van der Waals surface area contributed by atoms with E-state index in [1.54, 1.807) is 6.07 Å². The molecular weight excluding hydrogens is 324 g/mol. The molecule has 0 aliphatic rings. The van der Waals surface area contributed by atoms with Gasteiger partial charge < -0.3 is 14.2 Å². The van der Waals surface area contributed by atoms with Crippen LogP contribution in [0.1, 0.15) is 0 Å². The Hall–Kier alpha value is -3.67. The standard InChI is InChI=1S/C19H14O6/c1-4-17(20)23-12-7-8-13-14(11-12)16(25-19(22)6-3)10-9-15(13)24-18(21)5-2/h4-11H,1-3H2. The summed E-state index contributed by atoms with van der Waals surface area (Å²) in [6.07, 6.45) is 3.06. The summed E-state index contributed by atoms with van der Waals surface area (Å²) in [5.74, 6) is -1.31. The van der Waals surface area contributed by atoms with E-state index >= 15 is 0 Å². The first kappa shape index (κ1) is 17.7. The highest BCUT2D eigenvalue weighted by Crippen LogP contribution is 2.36. The fourth-order valence-corrected chi connectivity index (χ4v) is 1.97. The molecule has 0 heterocycles. The van der Waals surface area contributed by atoms with E-state index in [0.29, 0.717) is 10.8 Å². The zero-order chi connectivity index (χ0) is 18.4. The highest BCUT2D eigenvalue weighted by Gasteiger charge is 2.14. The average Bonchev–Trinajstić information content (AvgIpc) is 2.63. The quantitative estimate of drug-likeness (QED) is 0.457. The van der Waals surface area contributed by atoms with Crippen LogP contribution in [0.3, 0.4) is 0 Å². The summed E-state index contributed by atoms with van der Waals surface area (Å²) in [6.45, 7) is 10.00. The molecule has 0 atom stereocenters. The third-order valence-electron chi connectivity index (χ3n) is 3.05. The molecule has 2 rings (SSSR count). The lowest BCUT2D eigenvalue weighted by molar-refractivity contribution is -0.130. The monoisotopic (exact) mass is 338 g/mol. The molecular formula is C19H14O6. The summed E-state index contributed by atoms with van der Waals surface area (Å²) in [4.78, 5) is 34.3. The van der Waals surface area contributed by atoms with E-state index in [0.717, 1.165) is 18.2 Å². The summed E-state index contributed by atoms with van der Waals surface area (Å²) in [7, 11) is 0. The number of hydrogen-bond donors (Lipinski definition) is 0. The molecule has 0 fully saturated rings. The maximum absolute atomic E-state index is 11.5. The van der Waals surface area contributed by atoms with E-state index in [2.05, 4.69) is 19.7 Å². The molecule has 0 aliphatic carbocycles. The number of carbonyl (C=O) groups excluding carboxylic acids is 3. The Balaban J connectivity index is 2.58. The van der Waals surface area contributed by atoms with Crippen LogP contribution in [0.25, 0.3) is 10.8 Å². The number of esters is 3. The lowest BCUT2D eigenvalue weighted by Gasteiger charge is -2.12. The van der Waals surface area contributed by atoms with Crippen molar-refractivity contribution >= 4 is 28.7 Å². The summed E-state index contributed by atoms with van der Waals surface area (Å²) in [6, 6.07) is 7.49. The van der Waals surface area contributed by atoms with Crippen LogP contribution >= 0.6 is 0 Å². The van der Waals surface area contributed by atoms with Crippen molar-refractivity contribution in [1.29, 1.82) is 0 Å². The molecule has 0 unspecified atom stereocenters. The number of hydrogen-bond acceptors (Lipinski definition) is 6. The van der Waals surface area contributed by atoms with E-state index in [1.807, 2.05) is 0 Å². The number of benzene rings is 2. The normalized spacial score (nSPS) is 9.76. The van der Waals surface area contributed by atoms with Gasteiger partial charge in [0.1, 0.15) is 17.2 Å². The van der Waals surface area contributed by atoms with Gasteiger partial charge in [0, 0.05) is 29.0 Å². The Bertz CT molecular complexity index is 894. The summed E-state index contributed by atoms with van der Waals surface area (Å²) in [5, 5.41) is 0.877. The first-order valence-electron chi connectivity index (χ1n) is 7.08. The van der Waals surface area contributed by atoms with Crippen LogP contribution in [0.15, 0.2) is 68.3 Å². The van der Waals surface area contributed by atoms with Crippen LogP contribution in [0, 0.1) is 0 Å².